The van der Waals surface area contributed by atoms with Crippen LogP contribution in [0.25, 0.3) is 0 Å². The zero-order valence-electron chi connectivity index (χ0n) is 10.6. The number of cyclic esters (lactones) is 1. The van der Waals surface area contributed by atoms with E-state index in [2.05, 4.69) is 23.9 Å². The maximum absolute atomic E-state index is 12.9. The highest BCUT2D eigenvalue weighted by atomic mass is 19.3. The Bertz CT molecular complexity index is 269. The van der Waals surface area contributed by atoms with Crippen LogP contribution in [0.3, 0.4) is 0 Å². The summed E-state index contributed by atoms with van der Waals surface area (Å²) in [7, 11) is 0. The molecule has 17 heavy (non-hydrogen) atoms. The van der Waals surface area contributed by atoms with Crippen LogP contribution in [0.4, 0.5) is 8.78 Å². The minimum atomic E-state index is -3.30. The van der Waals surface area contributed by atoms with Crippen molar-refractivity contribution in [2.24, 2.45) is 5.92 Å². The summed E-state index contributed by atoms with van der Waals surface area (Å²) in [5.41, 5.74) is 0. The van der Waals surface area contributed by atoms with E-state index < -0.39 is 24.4 Å². The Morgan fingerprint density at radius 2 is 2.06 bits per heavy atom. The third-order valence-electron chi connectivity index (χ3n) is 2.93. The van der Waals surface area contributed by atoms with Gasteiger partial charge in [0.2, 0.25) is 0 Å². The van der Waals surface area contributed by atoms with Gasteiger partial charge in [-0.25, -0.2) is 4.79 Å². The second-order valence-corrected chi connectivity index (χ2v) is 5.22. The van der Waals surface area contributed by atoms with Crippen LogP contribution in [0.1, 0.15) is 40.0 Å². The average molecular weight is 249 g/mol. The number of hydrogen-bond donors (Lipinski definition) is 1. The Morgan fingerprint density at radius 3 is 2.53 bits per heavy atom. The van der Waals surface area contributed by atoms with Crippen LogP contribution in [0.5, 0.6) is 0 Å². The topological polar surface area (TPSA) is 38.3 Å². The van der Waals surface area contributed by atoms with Crippen LogP contribution in [0, 0.1) is 5.92 Å². The molecule has 0 saturated carbocycles. The molecule has 1 saturated heterocycles. The van der Waals surface area contributed by atoms with Gasteiger partial charge >= 0.3 is 11.9 Å². The minimum Gasteiger partial charge on any atom is -0.456 e. The number of hydrogen-bond acceptors (Lipinski definition) is 3. The summed E-state index contributed by atoms with van der Waals surface area (Å²) < 4.78 is 30.3. The lowest BCUT2D eigenvalue weighted by molar-refractivity contribution is -0.159. The van der Waals surface area contributed by atoms with Gasteiger partial charge in [0, 0.05) is 12.6 Å². The summed E-state index contributed by atoms with van der Waals surface area (Å²) in [6.45, 7) is 6.61. The van der Waals surface area contributed by atoms with Crippen molar-refractivity contribution in [2.75, 3.05) is 6.54 Å². The average Bonchev–Trinajstić information content (AvgIpc) is 2.47. The molecule has 0 bridgehead atoms. The molecule has 100 valence electrons. The van der Waals surface area contributed by atoms with Crippen molar-refractivity contribution in [2.45, 2.75) is 58.1 Å². The molecule has 1 rings (SSSR count). The van der Waals surface area contributed by atoms with Crippen LogP contribution in [-0.2, 0) is 9.53 Å². The Balaban J connectivity index is 2.21. The number of carbonyl (C=O) groups excluding carboxylic acids is 1. The molecule has 1 N–H and O–H groups in total. The summed E-state index contributed by atoms with van der Waals surface area (Å²) in [5, 5.41) is 3.13. The van der Waals surface area contributed by atoms with Crippen molar-refractivity contribution >= 4 is 5.97 Å². The first kappa shape index (κ1) is 14.4. The highest BCUT2D eigenvalue weighted by Gasteiger charge is 2.50. The number of nitrogens with one attached hydrogen (secondary N) is 1. The molecule has 0 aromatic rings. The summed E-state index contributed by atoms with van der Waals surface area (Å²) in [5.74, 6) is -4.06. The number of esters is 1. The second kappa shape index (κ2) is 5.76. The van der Waals surface area contributed by atoms with E-state index in [1.807, 2.05) is 6.92 Å². The van der Waals surface area contributed by atoms with Gasteiger partial charge in [-0.15, -0.1) is 0 Å². The quantitative estimate of drug-likeness (QED) is 0.734. The maximum Gasteiger partial charge on any atom is 0.377 e. The lowest BCUT2D eigenvalue weighted by Crippen LogP contribution is -2.34. The number of halogens is 2. The van der Waals surface area contributed by atoms with Crippen molar-refractivity contribution in [1.29, 1.82) is 0 Å². The molecule has 1 aliphatic heterocycles. The van der Waals surface area contributed by atoms with Gasteiger partial charge in [0.05, 0.1) is 6.42 Å². The molecule has 3 nitrogen and oxygen atoms in total. The SMILES string of the molecule is CC(C)CCC(C)NCC1CC(F)(F)C(=O)O1. The molecule has 1 aliphatic rings. The van der Waals surface area contributed by atoms with Gasteiger partial charge in [-0.1, -0.05) is 13.8 Å². The van der Waals surface area contributed by atoms with Crippen molar-refractivity contribution < 1.29 is 18.3 Å². The first-order valence-electron chi connectivity index (χ1n) is 6.13. The van der Waals surface area contributed by atoms with E-state index in [4.69, 9.17) is 0 Å². The predicted molar refractivity (Wildman–Crippen MR) is 61.0 cm³/mol. The molecule has 5 heteroatoms. The third-order valence-corrected chi connectivity index (χ3v) is 2.93. The van der Waals surface area contributed by atoms with E-state index in [0.29, 0.717) is 12.5 Å². The number of ether oxygens (including phenoxy) is 1. The highest BCUT2D eigenvalue weighted by molar-refractivity contribution is 5.79. The third kappa shape index (κ3) is 4.58. The van der Waals surface area contributed by atoms with Gasteiger partial charge in [0.25, 0.3) is 0 Å². The predicted octanol–water partition coefficient (Wildman–Crippen LogP) is 2.35. The standard InChI is InChI=1S/C12H21F2NO2/c1-8(2)4-5-9(3)15-7-10-6-12(13,14)11(16)17-10/h8-10,15H,4-7H2,1-3H3. The van der Waals surface area contributed by atoms with Crippen LogP contribution in [0.2, 0.25) is 0 Å². The largest absolute Gasteiger partial charge is 0.456 e. The van der Waals surface area contributed by atoms with Gasteiger partial charge in [-0.2, -0.15) is 8.78 Å². The molecule has 1 heterocycles. The molecular formula is C12H21F2NO2. The Kier molecular flexibility index (Phi) is 4.86. The molecule has 0 aromatic heterocycles. The van der Waals surface area contributed by atoms with E-state index in [9.17, 15) is 13.6 Å². The van der Waals surface area contributed by atoms with Crippen molar-refractivity contribution in [3.05, 3.63) is 0 Å². The van der Waals surface area contributed by atoms with E-state index in [1.165, 1.54) is 0 Å². The first-order chi connectivity index (χ1) is 7.81. The lowest BCUT2D eigenvalue weighted by atomic mass is 10.0. The first-order valence-corrected chi connectivity index (χ1v) is 6.13. The molecule has 0 spiro atoms. The van der Waals surface area contributed by atoms with E-state index in [0.717, 1.165) is 12.8 Å². The van der Waals surface area contributed by atoms with E-state index in [1.54, 1.807) is 0 Å². The van der Waals surface area contributed by atoms with Crippen molar-refractivity contribution in [1.82, 2.24) is 5.32 Å². The fourth-order valence-electron chi connectivity index (χ4n) is 1.78. The summed E-state index contributed by atoms with van der Waals surface area (Å²) in [4.78, 5) is 10.8. The normalized spacial score (nSPS) is 25.1. The smallest absolute Gasteiger partial charge is 0.377 e. The van der Waals surface area contributed by atoms with Crippen molar-refractivity contribution in [3.8, 4) is 0 Å². The Labute approximate surface area is 101 Å². The number of alkyl halides is 2. The molecule has 0 radical (unpaired) electrons. The second-order valence-electron chi connectivity index (χ2n) is 5.22. The fraction of sp³-hybridized carbons (Fsp3) is 0.917. The Hall–Kier alpha value is -0.710. The number of carbonyl (C=O) groups is 1. The van der Waals surface area contributed by atoms with Crippen LogP contribution in [-0.4, -0.2) is 30.6 Å². The Morgan fingerprint density at radius 1 is 1.41 bits per heavy atom. The van der Waals surface area contributed by atoms with Gasteiger partial charge < -0.3 is 10.1 Å². The monoisotopic (exact) mass is 249 g/mol. The molecule has 2 atom stereocenters. The summed E-state index contributed by atoms with van der Waals surface area (Å²) in [6, 6.07) is 0.255. The van der Waals surface area contributed by atoms with Gasteiger partial charge in [0.1, 0.15) is 6.10 Å². The van der Waals surface area contributed by atoms with Crippen LogP contribution in [0.15, 0.2) is 0 Å². The zero-order chi connectivity index (χ0) is 13.1. The molecule has 1 fully saturated rings. The molecule has 0 aliphatic carbocycles. The minimum absolute atomic E-state index is 0.255. The summed E-state index contributed by atoms with van der Waals surface area (Å²) >= 11 is 0. The molecule has 2 unspecified atom stereocenters. The van der Waals surface area contributed by atoms with E-state index in [-0.39, 0.29) is 6.04 Å². The fourth-order valence-corrected chi connectivity index (χ4v) is 1.78. The van der Waals surface area contributed by atoms with Gasteiger partial charge in [-0.05, 0) is 25.7 Å². The van der Waals surface area contributed by atoms with Crippen molar-refractivity contribution in [3.63, 3.8) is 0 Å². The zero-order valence-corrected chi connectivity index (χ0v) is 10.6. The van der Waals surface area contributed by atoms with E-state index >= 15 is 0 Å². The van der Waals surface area contributed by atoms with Crippen LogP contribution >= 0.6 is 0 Å². The van der Waals surface area contributed by atoms with Crippen LogP contribution < -0.4 is 5.32 Å². The summed E-state index contributed by atoms with van der Waals surface area (Å²) in [6.07, 6.45) is 0.887. The lowest BCUT2D eigenvalue weighted by Gasteiger charge is -2.17. The number of rotatable bonds is 6. The maximum atomic E-state index is 12.9. The van der Waals surface area contributed by atoms with Gasteiger partial charge in [-0.3, -0.25) is 0 Å². The molecular weight excluding hydrogens is 228 g/mol. The van der Waals surface area contributed by atoms with Gasteiger partial charge in [0.15, 0.2) is 0 Å². The molecule has 0 amide bonds. The molecule has 0 aromatic carbocycles. The highest BCUT2D eigenvalue weighted by Crippen LogP contribution is 2.30.